The fourth-order valence-corrected chi connectivity index (χ4v) is 1.63. The minimum absolute atomic E-state index is 0.742. The summed E-state index contributed by atoms with van der Waals surface area (Å²) in [6.45, 7) is 2.77. The van der Waals surface area contributed by atoms with Gasteiger partial charge >= 0.3 is 0 Å². The molecule has 0 atom stereocenters. The molecule has 0 aromatic heterocycles. The smallest absolute Gasteiger partial charge is 0.0642 e. The SMILES string of the molecule is CC(/C=C/c1ccccc1)=NCc1ccccc1. The third-order valence-corrected chi connectivity index (χ3v) is 2.67. The third-order valence-electron chi connectivity index (χ3n) is 2.67. The highest BCUT2D eigenvalue weighted by atomic mass is 14.7. The maximum atomic E-state index is 4.54. The lowest BCUT2D eigenvalue weighted by Gasteiger charge is -1.97. The van der Waals surface area contributed by atoms with Gasteiger partial charge in [-0.2, -0.15) is 0 Å². The maximum absolute atomic E-state index is 4.54. The van der Waals surface area contributed by atoms with Crippen LogP contribution >= 0.6 is 0 Å². The van der Waals surface area contributed by atoms with Crippen LogP contribution in [0.1, 0.15) is 18.1 Å². The summed E-state index contributed by atoms with van der Waals surface area (Å²) in [6.07, 6.45) is 4.14. The molecule has 2 rings (SSSR count). The number of aliphatic imine (C=N–C) groups is 1. The Morgan fingerprint density at radius 1 is 0.944 bits per heavy atom. The van der Waals surface area contributed by atoms with Crippen LogP contribution in [0, 0.1) is 0 Å². The molecule has 0 saturated heterocycles. The fourth-order valence-electron chi connectivity index (χ4n) is 1.63. The van der Waals surface area contributed by atoms with Gasteiger partial charge in [0.15, 0.2) is 0 Å². The van der Waals surface area contributed by atoms with Gasteiger partial charge < -0.3 is 0 Å². The van der Waals surface area contributed by atoms with Crippen LogP contribution < -0.4 is 0 Å². The van der Waals surface area contributed by atoms with Crippen molar-refractivity contribution >= 4 is 11.8 Å². The van der Waals surface area contributed by atoms with Crippen LogP contribution in [0.15, 0.2) is 71.7 Å². The molecule has 0 bridgehead atoms. The van der Waals surface area contributed by atoms with Gasteiger partial charge in [0.1, 0.15) is 0 Å². The fraction of sp³-hybridized carbons (Fsp3) is 0.118. The topological polar surface area (TPSA) is 12.4 Å². The van der Waals surface area contributed by atoms with Gasteiger partial charge in [0.05, 0.1) is 6.54 Å². The number of rotatable bonds is 4. The molecule has 2 aromatic rings. The molecule has 0 fully saturated rings. The van der Waals surface area contributed by atoms with Gasteiger partial charge in [-0.1, -0.05) is 66.7 Å². The number of allylic oxidation sites excluding steroid dienone is 1. The van der Waals surface area contributed by atoms with E-state index in [1.54, 1.807) is 0 Å². The van der Waals surface area contributed by atoms with E-state index in [2.05, 4.69) is 41.4 Å². The van der Waals surface area contributed by atoms with Gasteiger partial charge in [0, 0.05) is 5.71 Å². The summed E-state index contributed by atoms with van der Waals surface area (Å²) < 4.78 is 0. The van der Waals surface area contributed by atoms with Crippen LogP contribution in [0.2, 0.25) is 0 Å². The normalized spacial score (nSPS) is 11.9. The Balaban J connectivity index is 1.96. The summed E-state index contributed by atoms with van der Waals surface area (Å²) in [5.74, 6) is 0. The molecule has 0 unspecified atom stereocenters. The molecule has 0 heterocycles. The lowest BCUT2D eigenvalue weighted by atomic mass is 10.2. The van der Waals surface area contributed by atoms with E-state index in [0.29, 0.717) is 0 Å². The van der Waals surface area contributed by atoms with E-state index in [9.17, 15) is 0 Å². The monoisotopic (exact) mass is 235 g/mol. The zero-order valence-electron chi connectivity index (χ0n) is 10.6. The Bertz CT molecular complexity index is 524. The summed E-state index contributed by atoms with van der Waals surface area (Å²) in [5.41, 5.74) is 3.49. The van der Waals surface area contributed by atoms with Gasteiger partial charge in [-0.25, -0.2) is 0 Å². The summed E-state index contributed by atoms with van der Waals surface area (Å²) in [4.78, 5) is 4.54. The average Bonchev–Trinajstić information content (AvgIpc) is 2.45. The molecule has 18 heavy (non-hydrogen) atoms. The Morgan fingerprint density at radius 3 is 2.22 bits per heavy atom. The van der Waals surface area contributed by atoms with Gasteiger partial charge in [-0.05, 0) is 24.1 Å². The second-order valence-corrected chi connectivity index (χ2v) is 4.19. The Morgan fingerprint density at radius 2 is 1.56 bits per heavy atom. The lowest BCUT2D eigenvalue weighted by molar-refractivity contribution is 1.07. The molecule has 0 aliphatic heterocycles. The van der Waals surface area contributed by atoms with Crippen LogP contribution in [0.3, 0.4) is 0 Å². The zero-order valence-corrected chi connectivity index (χ0v) is 10.6. The van der Waals surface area contributed by atoms with Crippen molar-refractivity contribution in [3.05, 3.63) is 77.9 Å². The minimum Gasteiger partial charge on any atom is -0.285 e. The van der Waals surface area contributed by atoms with Crippen LogP contribution in [0.25, 0.3) is 6.08 Å². The van der Waals surface area contributed by atoms with Crippen molar-refractivity contribution in [2.75, 3.05) is 0 Å². The van der Waals surface area contributed by atoms with Gasteiger partial charge in [0.2, 0.25) is 0 Å². The van der Waals surface area contributed by atoms with E-state index in [-0.39, 0.29) is 0 Å². The minimum atomic E-state index is 0.742. The Hall–Kier alpha value is -2.15. The number of benzene rings is 2. The molecule has 0 aliphatic carbocycles. The average molecular weight is 235 g/mol. The summed E-state index contributed by atoms with van der Waals surface area (Å²) in [6, 6.07) is 20.6. The molecular formula is C17H17N. The lowest BCUT2D eigenvalue weighted by Crippen LogP contribution is -1.88. The highest BCUT2D eigenvalue weighted by molar-refractivity contribution is 5.96. The maximum Gasteiger partial charge on any atom is 0.0642 e. The highest BCUT2D eigenvalue weighted by Gasteiger charge is 1.89. The Labute approximate surface area is 109 Å². The van der Waals surface area contributed by atoms with E-state index < -0.39 is 0 Å². The number of hydrogen-bond acceptors (Lipinski definition) is 1. The van der Waals surface area contributed by atoms with Crippen molar-refractivity contribution in [3.8, 4) is 0 Å². The quantitative estimate of drug-likeness (QED) is 0.698. The molecule has 0 amide bonds. The summed E-state index contributed by atoms with van der Waals surface area (Å²) >= 11 is 0. The van der Waals surface area contributed by atoms with Crippen LogP contribution in [0.4, 0.5) is 0 Å². The highest BCUT2D eigenvalue weighted by Crippen LogP contribution is 2.03. The summed E-state index contributed by atoms with van der Waals surface area (Å²) in [5, 5.41) is 0. The second kappa shape index (κ2) is 6.55. The second-order valence-electron chi connectivity index (χ2n) is 4.19. The van der Waals surface area contributed by atoms with Crippen molar-refractivity contribution in [2.45, 2.75) is 13.5 Å². The number of nitrogens with zero attached hydrogens (tertiary/aromatic N) is 1. The first-order chi connectivity index (χ1) is 8.84. The van der Waals surface area contributed by atoms with Crippen molar-refractivity contribution < 1.29 is 0 Å². The molecule has 1 heteroatoms. The molecule has 90 valence electrons. The van der Waals surface area contributed by atoms with Crippen molar-refractivity contribution in [1.82, 2.24) is 0 Å². The van der Waals surface area contributed by atoms with Crippen LogP contribution in [0.5, 0.6) is 0 Å². The van der Waals surface area contributed by atoms with Crippen molar-refractivity contribution in [1.29, 1.82) is 0 Å². The van der Waals surface area contributed by atoms with Gasteiger partial charge in [-0.15, -0.1) is 0 Å². The first-order valence-electron chi connectivity index (χ1n) is 6.13. The van der Waals surface area contributed by atoms with E-state index >= 15 is 0 Å². The van der Waals surface area contributed by atoms with E-state index in [1.807, 2.05) is 43.3 Å². The first kappa shape index (κ1) is 12.3. The summed E-state index contributed by atoms with van der Waals surface area (Å²) in [7, 11) is 0. The molecule has 0 N–H and O–H groups in total. The predicted octanol–water partition coefficient (Wildman–Crippen LogP) is 4.36. The third kappa shape index (κ3) is 4.02. The predicted molar refractivity (Wildman–Crippen MR) is 78.7 cm³/mol. The first-order valence-corrected chi connectivity index (χ1v) is 6.13. The molecule has 1 nitrogen and oxygen atoms in total. The largest absolute Gasteiger partial charge is 0.285 e. The van der Waals surface area contributed by atoms with E-state index in [0.717, 1.165) is 12.3 Å². The Kier molecular flexibility index (Phi) is 4.48. The molecule has 2 aromatic carbocycles. The standard InChI is InChI=1S/C17H17N/c1-15(12-13-16-8-4-2-5-9-16)18-14-17-10-6-3-7-11-17/h2-13H,14H2,1H3/b13-12+,18-15?. The molecular weight excluding hydrogens is 218 g/mol. The molecule has 0 aliphatic rings. The van der Waals surface area contributed by atoms with Crippen molar-refractivity contribution in [3.63, 3.8) is 0 Å². The van der Waals surface area contributed by atoms with Crippen LogP contribution in [-0.4, -0.2) is 5.71 Å². The zero-order chi connectivity index (χ0) is 12.6. The molecule has 0 radical (unpaired) electrons. The molecule has 0 spiro atoms. The molecule has 0 saturated carbocycles. The van der Waals surface area contributed by atoms with Gasteiger partial charge in [0.25, 0.3) is 0 Å². The van der Waals surface area contributed by atoms with E-state index in [4.69, 9.17) is 0 Å². The van der Waals surface area contributed by atoms with Gasteiger partial charge in [-0.3, -0.25) is 4.99 Å². The van der Waals surface area contributed by atoms with E-state index in [1.165, 1.54) is 11.1 Å². The van der Waals surface area contributed by atoms with Crippen molar-refractivity contribution in [2.24, 2.45) is 4.99 Å². The van der Waals surface area contributed by atoms with Crippen LogP contribution in [-0.2, 0) is 6.54 Å². The number of hydrogen-bond donors (Lipinski definition) is 0.